The number of nitrogens with zero attached hydrogens (tertiary/aromatic N) is 2. The number of carbonyl (C=O) groups is 1. The van der Waals surface area contributed by atoms with Crippen LogP contribution in [0.2, 0.25) is 0 Å². The summed E-state index contributed by atoms with van der Waals surface area (Å²) in [5, 5.41) is 0. The van der Waals surface area contributed by atoms with Crippen molar-refractivity contribution in [2.45, 2.75) is 27.2 Å². The molecule has 1 fully saturated rings. The van der Waals surface area contributed by atoms with Gasteiger partial charge < -0.3 is 4.90 Å². The van der Waals surface area contributed by atoms with Gasteiger partial charge in [0.1, 0.15) is 0 Å². The molecule has 0 aromatic carbocycles. The number of rotatable bonds is 5. The summed E-state index contributed by atoms with van der Waals surface area (Å²) in [5.41, 5.74) is -0.318. The van der Waals surface area contributed by atoms with Crippen molar-refractivity contribution in [3.8, 4) is 0 Å². The standard InChI is InChI=1S/C13H27N3O3S/c1-13(2,3)12(17)16-10-8-15(9-11-16)7-5-6-14-20(4,18)19/h14H,5-11H2,1-4H3. The van der Waals surface area contributed by atoms with Gasteiger partial charge in [0.25, 0.3) is 0 Å². The number of hydrogen-bond acceptors (Lipinski definition) is 4. The van der Waals surface area contributed by atoms with Gasteiger partial charge in [0.2, 0.25) is 15.9 Å². The summed E-state index contributed by atoms with van der Waals surface area (Å²) >= 11 is 0. The summed E-state index contributed by atoms with van der Waals surface area (Å²) in [7, 11) is -3.08. The van der Waals surface area contributed by atoms with Crippen molar-refractivity contribution in [2.75, 3.05) is 45.5 Å². The van der Waals surface area contributed by atoms with Crippen molar-refractivity contribution in [1.29, 1.82) is 0 Å². The van der Waals surface area contributed by atoms with Crippen LogP contribution in [0.1, 0.15) is 27.2 Å². The third-order valence-corrected chi connectivity index (χ3v) is 4.04. The van der Waals surface area contributed by atoms with Crippen molar-refractivity contribution < 1.29 is 13.2 Å². The Bertz CT molecular complexity index is 421. The van der Waals surface area contributed by atoms with Crippen LogP contribution in [0.4, 0.5) is 0 Å². The van der Waals surface area contributed by atoms with Crippen LogP contribution in [0.25, 0.3) is 0 Å². The molecule has 1 saturated heterocycles. The first-order valence-electron chi connectivity index (χ1n) is 7.06. The SMILES string of the molecule is CC(C)(C)C(=O)N1CCN(CCCNS(C)(=O)=O)CC1. The maximum absolute atomic E-state index is 12.1. The summed E-state index contributed by atoms with van der Waals surface area (Å²) in [6.07, 6.45) is 1.96. The average Bonchev–Trinajstić information content (AvgIpc) is 2.32. The van der Waals surface area contributed by atoms with E-state index in [1.54, 1.807) is 0 Å². The molecule has 0 aromatic heterocycles. The van der Waals surface area contributed by atoms with Gasteiger partial charge in [-0.1, -0.05) is 20.8 Å². The van der Waals surface area contributed by atoms with Crippen LogP contribution in [0.5, 0.6) is 0 Å². The maximum Gasteiger partial charge on any atom is 0.228 e. The van der Waals surface area contributed by atoms with Gasteiger partial charge in [-0.05, 0) is 13.0 Å². The normalized spacial score (nSPS) is 18.3. The highest BCUT2D eigenvalue weighted by Gasteiger charge is 2.29. The molecule has 0 aliphatic carbocycles. The zero-order valence-electron chi connectivity index (χ0n) is 13.0. The van der Waals surface area contributed by atoms with E-state index in [1.807, 2.05) is 25.7 Å². The van der Waals surface area contributed by atoms with E-state index in [1.165, 1.54) is 6.26 Å². The Morgan fingerprint density at radius 2 is 1.70 bits per heavy atom. The Balaban J connectivity index is 2.24. The zero-order valence-corrected chi connectivity index (χ0v) is 13.8. The predicted octanol–water partition coefficient (Wildman–Crippen LogP) is 0.116. The fraction of sp³-hybridized carbons (Fsp3) is 0.923. The molecule has 118 valence electrons. The largest absolute Gasteiger partial charge is 0.340 e. The van der Waals surface area contributed by atoms with Crippen LogP contribution in [-0.4, -0.2) is 69.6 Å². The molecule has 0 spiro atoms. The first-order valence-corrected chi connectivity index (χ1v) is 8.95. The van der Waals surface area contributed by atoms with Crippen LogP contribution >= 0.6 is 0 Å². The molecule has 6 nitrogen and oxygen atoms in total. The van der Waals surface area contributed by atoms with Gasteiger partial charge in [-0.3, -0.25) is 9.69 Å². The minimum atomic E-state index is -3.08. The van der Waals surface area contributed by atoms with Crippen molar-refractivity contribution in [2.24, 2.45) is 5.41 Å². The molecule has 0 atom stereocenters. The molecular formula is C13H27N3O3S. The molecule has 0 saturated carbocycles. The van der Waals surface area contributed by atoms with Gasteiger partial charge in [0.05, 0.1) is 6.26 Å². The molecule has 0 radical (unpaired) electrons. The van der Waals surface area contributed by atoms with E-state index < -0.39 is 10.0 Å². The zero-order chi connectivity index (χ0) is 15.4. The van der Waals surface area contributed by atoms with E-state index in [4.69, 9.17) is 0 Å². The molecular weight excluding hydrogens is 278 g/mol. The summed E-state index contributed by atoms with van der Waals surface area (Å²) in [4.78, 5) is 16.3. The Kier molecular flexibility index (Phi) is 5.97. The second kappa shape index (κ2) is 6.87. The van der Waals surface area contributed by atoms with E-state index in [2.05, 4.69) is 9.62 Å². The summed E-state index contributed by atoms with van der Waals surface area (Å²) < 4.78 is 24.3. The minimum Gasteiger partial charge on any atom is -0.340 e. The van der Waals surface area contributed by atoms with Crippen LogP contribution in [-0.2, 0) is 14.8 Å². The third-order valence-electron chi connectivity index (χ3n) is 3.32. The van der Waals surface area contributed by atoms with Crippen molar-refractivity contribution in [1.82, 2.24) is 14.5 Å². The highest BCUT2D eigenvalue weighted by atomic mass is 32.2. The van der Waals surface area contributed by atoms with Gasteiger partial charge in [0.15, 0.2) is 0 Å². The maximum atomic E-state index is 12.1. The van der Waals surface area contributed by atoms with Crippen molar-refractivity contribution in [3.63, 3.8) is 0 Å². The smallest absolute Gasteiger partial charge is 0.228 e. The molecule has 0 bridgehead atoms. The number of sulfonamides is 1. The number of amides is 1. The highest BCUT2D eigenvalue weighted by molar-refractivity contribution is 7.88. The van der Waals surface area contributed by atoms with E-state index >= 15 is 0 Å². The van der Waals surface area contributed by atoms with E-state index in [-0.39, 0.29) is 11.3 Å². The Morgan fingerprint density at radius 3 is 2.15 bits per heavy atom. The first kappa shape index (κ1) is 17.4. The molecule has 1 heterocycles. The summed E-state index contributed by atoms with van der Waals surface area (Å²) in [6, 6.07) is 0. The van der Waals surface area contributed by atoms with Gasteiger partial charge in [0, 0.05) is 38.1 Å². The lowest BCUT2D eigenvalue weighted by Gasteiger charge is -2.37. The predicted molar refractivity (Wildman–Crippen MR) is 79.9 cm³/mol. The molecule has 20 heavy (non-hydrogen) atoms. The quantitative estimate of drug-likeness (QED) is 0.732. The Hall–Kier alpha value is -0.660. The van der Waals surface area contributed by atoms with Crippen LogP contribution in [0, 0.1) is 5.41 Å². The molecule has 0 unspecified atom stereocenters. The Morgan fingerprint density at radius 1 is 1.15 bits per heavy atom. The Labute approximate surface area is 122 Å². The monoisotopic (exact) mass is 305 g/mol. The topological polar surface area (TPSA) is 69.7 Å². The number of piperazine rings is 1. The van der Waals surface area contributed by atoms with Gasteiger partial charge in [-0.25, -0.2) is 13.1 Å². The van der Waals surface area contributed by atoms with Crippen LogP contribution in [0.3, 0.4) is 0 Å². The second-order valence-corrected chi connectivity index (χ2v) is 8.24. The lowest BCUT2D eigenvalue weighted by molar-refractivity contribution is -0.141. The average molecular weight is 305 g/mol. The fourth-order valence-electron chi connectivity index (χ4n) is 2.21. The van der Waals surface area contributed by atoms with Gasteiger partial charge in [-0.15, -0.1) is 0 Å². The lowest BCUT2D eigenvalue weighted by atomic mass is 9.94. The molecule has 1 rings (SSSR count). The third kappa shape index (κ3) is 6.19. The molecule has 1 amide bonds. The van der Waals surface area contributed by atoms with E-state index in [9.17, 15) is 13.2 Å². The fourth-order valence-corrected chi connectivity index (χ4v) is 2.72. The molecule has 7 heteroatoms. The van der Waals surface area contributed by atoms with Gasteiger partial charge in [-0.2, -0.15) is 0 Å². The highest BCUT2D eigenvalue weighted by Crippen LogP contribution is 2.18. The van der Waals surface area contributed by atoms with Crippen LogP contribution < -0.4 is 4.72 Å². The van der Waals surface area contributed by atoms with Crippen molar-refractivity contribution >= 4 is 15.9 Å². The second-order valence-electron chi connectivity index (χ2n) is 6.40. The number of hydrogen-bond donors (Lipinski definition) is 1. The van der Waals surface area contributed by atoms with Gasteiger partial charge >= 0.3 is 0 Å². The lowest BCUT2D eigenvalue weighted by Crippen LogP contribution is -2.51. The first-order chi connectivity index (χ1) is 9.09. The van der Waals surface area contributed by atoms with E-state index in [0.717, 1.165) is 39.1 Å². The molecule has 1 aliphatic rings. The number of carbonyl (C=O) groups excluding carboxylic acids is 1. The molecule has 1 aliphatic heterocycles. The van der Waals surface area contributed by atoms with Crippen LogP contribution in [0.15, 0.2) is 0 Å². The number of nitrogens with one attached hydrogen (secondary N) is 1. The summed E-state index contributed by atoms with van der Waals surface area (Å²) in [5.74, 6) is 0.205. The summed E-state index contributed by atoms with van der Waals surface area (Å²) in [6.45, 7) is 10.4. The minimum absolute atomic E-state index is 0.205. The molecule has 1 N–H and O–H groups in total. The molecule has 0 aromatic rings. The van der Waals surface area contributed by atoms with Crippen molar-refractivity contribution in [3.05, 3.63) is 0 Å². The van der Waals surface area contributed by atoms with E-state index in [0.29, 0.717) is 6.54 Å².